The Hall–Kier alpha value is -2.21. The van der Waals surface area contributed by atoms with Crippen LogP contribution in [0.1, 0.15) is 44.5 Å². The van der Waals surface area contributed by atoms with Gasteiger partial charge in [0, 0.05) is 24.0 Å². The van der Waals surface area contributed by atoms with Crippen LogP contribution in [-0.2, 0) is 19.3 Å². The number of H-pyrrole nitrogens is 1. The summed E-state index contributed by atoms with van der Waals surface area (Å²) >= 11 is 1.58. The van der Waals surface area contributed by atoms with E-state index >= 15 is 0 Å². The number of hydrogen-bond acceptors (Lipinski definition) is 4. The minimum absolute atomic E-state index is 0.0274. The Morgan fingerprint density at radius 2 is 2.17 bits per heavy atom. The Bertz CT molecular complexity index is 896. The smallest absolute Gasteiger partial charge is 0.253 e. The van der Waals surface area contributed by atoms with E-state index in [1.165, 1.54) is 29.5 Å². The van der Waals surface area contributed by atoms with E-state index in [1.54, 1.807) is 11.3 Å². The number of aromatic nitrogens is 3. The van der Waals surface area contributed by atoms with Crippen molar-refractivity contribution >= 4 is 28.1 Å². The van der Waals surface area contributed by atoms with E-state index < -0.39 is 0 Å². The fraction of sp³-hybridized carbons (Fsp3) is 0.389. The number of aromatic amines is 1. The van der Waals surface area contributed by atoms with Crippen LogP contribution in [0.3, 0.4) is 0 Å². The van der Waals surface area contributed by atoms with Gasteiger partial charge in [0.25, 0.3) is 5.91 Å². The van der Waals surface area contributed by atoms with Crippen molar-refractivity contribution in [3.63, 3.8) is 0 Å². The molecular weight excluding hydrogens is 320 g/mol. The lowest BCUT2D eigenvalue weighted by Gasteiger charge is -2.10. The van der Waals surface area contributed by atoms with Gasteiger partial charge >= 0.3 is 0 Å². The monoisotopic (exact) mass is 340 g/mol. The molecular formula is C18H20N4OS. The molecule has 0 spiro atoms. The standard InChI is InChI=1S/C18H20N4OS/c1-11-21-22-16(24-11)9-10-19-18(23)14-7-4-6-13-12-5-2-3-8-15(12)20-17(13)14/h4,6-7,20H,2-3,5,8-10H2,1H3,(H,19,23). The Morgan fingerprint density at radius 1 is 1.29 bits per heavy atom. The third-order valence-electron chi connectivity index (χ3n) is 4.57. The lowest BCUT2D eigenvalue weighted by atomic mass is 9.95. The summed E-state index contributed by atoms with van der Waals surface area (Å²) in [5, 5.41) is 14.2. The average Bonchev–Trinajstić information content (AvgIpc) is 3.17. The highest BCUT2D eigenvalue weighted by atomic mass is 32.1. The van der Waals surface area contributed by atoms with Gasteiger partial charge in [-0.1, -0.05) is 12.1 Å². The van der Waals surface area contributed by atoms with Crippen LogP contribution in [0.2, 0.25) is 0 Å². The molecule has 0 radical (unpaired) electrons. The second-order valence-electron chi connectivity index (χ2n) is 6.24. The fourth-order valence-corrected chi connectivity index (χ4v) is 4.14. The molecule has 2 N–H and O–H groups in total. The lowest BCUT2D eigenvalue weighted by molar-refractivity contribution is 0.0955. The predicted octanol–water partition coefficient (Wildman–Crippen LogP) is 3.18. The molecule has 1 aromatic carbocycles. The predicted molar refractivity (Wildman–Crippen MR) is 95.6 cm³/mol. The highest BCUT2D eigenvalue weighted by molar-refractivity contribution is 7.11. The molecule has 0 fully saturated rings. The molecule has 2 aromatic heterocycles. The second kappa shape index (κ2) is 6.36. The van der Waals surface area contributed by atoms with E-state index in [1.807, 2.05) is 19.1 Å². The number of carbonyl (C=O) groups is 1. The Labute approximate surface area is 144 Å². The summed E-state index contributed by atoms with van der Waals surface area (Å²) in [6.45, 7) is 2.51. The molecule has 1 amide bonds. The molecule has 1 aliphatic rings. The molecule has 3 aromatic rings. The van der Waals surface area contributed by atoms with Crippen molar-refractivity contribution in [1.82, 2.24) is 20.5 Å². The molecule has 124 valence electrons. The van der Waals surface area contributed by atoms with Crippen molar-refractivity contribution < 1.29 is 4.79 Å². The summed E-state index contributed by atoms with van der Waals surface area (Å²) in [7, 11) is 0. The normalized spacial score (nSPS) is 13.9. The first-order chi connectivity index (χ1) is 11.7. The summed E-state index contributed by atoms with van der Waals surface area (Å²) in [5.41, 5.74) is 4.42. The van der Waals surface area contributed by atoms with E-state index in [4.69, 9.17) is 0 Å². The maximum absolute atomic E-state index is 12.6. The zero-order valence-corrected chi connectivity index (χ0v) is 14.5. The van der Waals surface area contributed by atoms with E-state index in [-0.39, 0.29) is 5.91 Å². The van der Waals surface area contributed by atoms with Crippen LogP contribution in [0.25, 0.3) is 10.9 Å². The second-order valence-corrected chi connectivity index (χ2v) is 7.50. The van der Waals surface area contributed by atoms with Gasteiger partial charge in [0.1, 0.15) is 10.0 Å². The van der Waals surface area contributed by atoms with Gasteiger partial charge < -0.3 is 10.3 Å². The van der Waals surface area contributed by atoms with Gasteiger partial charge in [-0.3, -0.25) is 4.79 Å². The van der Waals surface area contributed by atoms with Gasteiger partial charge in [0.15, 0.2) is 0 Å². The molecule has 4 rings (SSSR count). The van der Waals surface area contributed by atoms with Crippen LogP contribution in [0, 0.1) is 6.92 Å². The molecule has 0 saturated heterocycles. The SMILES string of the molecule is Cc1nnc(CCNC(=O)c2cccc3c4c([nH]c23)CCCC4)s1. The van der Waals surface area contributed by atoms with Gasteiger partial charge in [-0.2, -0.15) is 0 Å². The van der Waals surface area contributed by atoms with E-state index in [9.17, 15) is 4.79 Å². The van der Waals surface area contributed by atoms with Crippen molar-refractivity contribution in [2.45, 2.75) is 39.0 Å². The van der Waals surface area contributed by atoms with Crippen molar-refractivity contribution in [2.75, 3.05) is 6.54 Å². The Balaban J connectivity index is 1.52. The van der Waals surface area contributed by atoms with Crippen molar-refractivity contribution in [2.24, 2.45) is 0 Å². The van der Waals surface area contributed by atoms with Crippen molar-refractivity contribution in [3.8, 4) is 0 Å². The van der Waals surface area contributed by atoms with E-state index in [0.29, 0.717) is 13.0 Å². The number of nitrogens with zero attached hydrogens (tertiary/aromatic N) is 2. The van der Waals surface area contributed by atoms with Gasteiger partial charge in [-0.05, 0) is 44.2 Å². The molecule has 0 aliphatic heterocycles. The third kappa shape index (κ3) is 2.82. The molecule has 24 heavy (non-hydrogen) atoms. The topological polar surface area (TPSA) is 70.7 Å². The quantitative estimate of drug-likeness (QED) is 0.766. The number of benzene rings is 1. The molecule has 0 saturated carbocycles. The van der Waals surface area contributed by atoms with Gasteiger partial charge in [0.2, 0.25) is 0 Å². The van der Waals surface area contributed by atoms with Gasteiger partial charge in [0.05, 0.1) is 11.1 Å². The highest BCUT2D eigenvalue weighted by Crippen LogP contribution is 2.30. The highest BCUT2D eigenvalue weighted by Gasteiger charge is 2.19. The van der Waals surface area contributed by atoms with Crippen LogP contribution in [0.15, 0.2) is 18.2 Å². The van der Waals surface area contributed by atoms with Gasteiger partial charge in [-0.25, -0.2) is 0 Å². The molecule has 2 heterocycles. The van der Waals surface area contributed by atoms with Crippen LogP contribution in [0.4, 0.5) is 0 Å². The lowest BCUT2D eigenvalue weighted by Crippen LogP contribution is -2.25. The van der Waals surface area contributed by atoms with E-state index in [0.717, 1.165) is 33.9 Å². The number of carbonyl (C=O) groups excluding carboxylic acids is 1. The zero-order valence-electron chi connectivity index (χ0n) is 13.7. The minimum Gasteiger partial charge on any atom is -0.358 e. The minimum atomic E-state index is -0.0274. The maximum Gasteiger partial charge on any atom is 0.253 e. The number of hydrogen-bond donors (Lipinski definition) is 2. The van der Waals surface area contributed by atoms with Gasteiger partial charge in [-0.15, -0.1) is 21.5 Å². The summed E-state index contributed by atoms with van der Waals surface area (Å²) in [6, 6.07) is 6.00. The molecule has 1 aliphatic carbocycles. The number of nitrogens with one attached hydrogen (secondary N) is 2. The summed E-state index contributed by atoms with van der Waals surface area (Å²) in [5.74, 6) is -0.0274. The van der Waals surface area contributed by atoms with E-state index in [2.05, 4.69) is 26.6 Å². The molecule has 6 heteroatoms. The Morgan fingerprint density at radius 3 is 3.00 bits per heavy atom. The number of fused-ring (bicyclic) bond motifs is 3. The first-order valence-corrected chi connectivity index (χ1v) is 9.23. The first kappa shape index (κ1) is 15.3. The molecule has 5 nitrogen and oxygen atoms in total. The average molecular weight is 340 g/mol. The Kier molecular flexibility index (Phi) is 4.06. The fourth-order valence-electron chi connectivity index (χ4n) is 3.44. The largest absolute Gasteiger partial charge is 0.358 e. The van der Waals surface area contributed by atoms with Crippen molar-refractivity contribution in [3.05, 3.63) is 45.0 Å². The molecule has 0 bridgehead atoms. The van der Waals surface area contributed by atoms with Crippen LogP contribution >= 0.6 is 11.3 Å². The molecule has 0 unspecified atom stereocenters. The third-order valence-corrected chi connectivity index (χ3v) is 5.47. The summed E-state index contributed by atoms with van der Waals surface area (Å²) in [6.07, 6.45) is 5.37. The zero-order chi connectivity index (χ0) is 16.5. The number of rotatable bonds is 4. The van der Waals surface area contributed by atoms with Crippen LogP contribution in [0.5, 0.6) is 0 Å². The number of aryl methyl sites for hydroxylation is 3. The van der Waals surface area contributed by atoms with Crippen molar-refractivity contribution in [1.29, 1.82) is 0 Å². The summed E-state index contributed by atoms with van der Waals surface area (Å²) in [4.78, 5) is 16.1. The number of para-hydroxylation sites is 1. The van der Waals surface area contributed by atoms with Crippen LogP contribution in [-0.4, -0.2) is 27.6 Å². The van der Waals surface area contributed by atoms with Crippen LogP contribution < -0.4 is 5.32 Å². The first-order valence-electron chi connectivity index (χ1n) is 8.42. The number of amides is 1. The maximum atomic E-state index is 12.6. The summed E-state index contributed by atoms with van der Waals surface area (Å²) < 4.78 is 0. The molecule has 0 atom stereocenters.